The molecule has 2 rings (SSSR count). The van der Waals surface area contributed by atoms with Crippen LogP contribution < -0.4 is 10.2 Å². The van der Waals surface area contributed by atoms with Crippen molar-refractivity contribution in [2.75, 3.05) is 0 Å². The SMILES string of the molecule is [O-]/[P+](=C1\C=CC=CC1)c1ccccc1. The van der Waals surface area contributed by atoms with Crippen LogP contribution in [0.4, 0.5) is 0 Å². The van der Waals surface area contributed by atoms with Crippen LogP contribution in [-0.4, -0.2) is 5.29 Å². The molecule has 1 atom stereocenters. The molecule has 14 heavy (non-hydrogen) atoms. The standard InChI is InChI=1S/C12H11OP/c13-14(11-7-3-1-4-8-11)12-9-5-2-6-10-12/h1-9H,10H2. The monoisotopic (exact) mass is 202 g/mol. The summed E-state index contributed by atoms with van der Waals surface area (Å²) in [7, 11) is -1.37. The van der Waals surface area contributed by atoms with Crippen LogP contribution >= 0.6 is 7.77 Å². The van der Waals surface area contributed by atoms with E-state index in [2.05, 4.69) is 0 Å². The zero-order valence-corrected chi connectivity index (χ0v) is 8.65. The van der Waals surface area contributed by atoms with Crippen LogP contribution in [0.2, 0.25) is 0 Å². The molecule has 0 fully saturated rings. The van der Waals surface area contributed by atoms with Gasteiger partial charge in [-0.2, -0.15) is 0 Å². The van der Waals surface area contributed by atoms with Gasteiger partial charge in [0.25, 0.3) is 0 Å². The zero-order chi connectivity index (χ0) is 9.80. The van der Waals surface area contributed by atoms with Crippen LogP contribution in [0.3, 0.4) is 0 Å². The summed E-state index contributed by atoms with van der Waals surface area (Å²) < 4.78 is 0. The van der Waals surface area contributed by atoms with Crippen molar-refractivity contribution in [2.45, 2.75) is 6.42 Å². The van der Waals surface area contributed by atoms with Gasteiger partial charge < -0.3 is 4.89 Å². The lowest BCUT2D eigenvalue weighted by molar-refractivity contribution is -0.149. The molecule has 0 spiro atoms. The molecule has 0 radical (unpaired) electrons. The van der Waals surface area contributed by atoms with Gasteiger partial charge in [-0.1, -0.05) is 36.4 Å². The van der Waals surface area contributed by atoms with E-state index < -0.39 is 7.77 Å². The second-order valence-electron chi connectivity index (χ2n) is 3.11. The summed E-state index contributed by atoms with van der Waals surface area (Å²) in [6.45, 7) is 0. The van der Waals surface area contributed by atoms with Gasteiger partial charge in [-0.15, -0.1) is 0 Å². The Hall–Kier alpha value is -1.17. The Bertz CT molecular complexity index is 402. The van der Waals surface area contributed by atoms with Crippen molar-refractivity contribution in [3.05, 3.63) is 54.6 Å². The molecule has 1 aliphatic carbocycles. The van der Waals surface area contributed by atoms with Crippen LogP contribution in [0.15, 0.2) is 54.6 Å². The molecule has 1 aromatic carbocycles. The molecule has 0 aliphatic heterocycles. The van der Waals surface area contributed by atoms with Crippen molar-refractivity contribution in [1.82, 2.24) is 0 Å². The average molecular weight is 202 g/mol. The maximum atomic E-state index is 12.0. The van der Waals surface area contributed by atoms with E-state index in [1.807, 2.05) is 54.6 Å². The predicted molar refractivity (Wildman–Crippen MR) is 60.9 cm³/mol. The van der Waals surface area contributed by atoms with Crippen molar-refractivity contribution in [2.24, 2.45) is 0 Å². The molecule has 0 saturated heterocycles. The second-order valence-corrected chi connectivity index (χ2v) is 4.79. The van der Waals surface area contributed by atoms with Gasteiger partial charge in [-0.25, -0.2) is 0 Å². The normalized spacial score (nSPS) is 18.4. The molecule has 70 valence electrons. The van der Waals surface area contributed by atoms with Crippen LogP contribution in [0.5, 0.6) is 0 Å². The lowest BCUT2D eigenvalue weighted by Gasteiger charge is -2.03. The number of benzene rings is 1. The van der Waals surface area contributed by atoms with Gasteiger partial charge in [-0.3, -0.25) is 0 Å². The van der Waals surface area contributed by atoms with E-state index in [4.69, 9.17) is 0 Å². The lowest BCUT2D eigenvalue weighted by Crippen LogP contribution is -2.11. The minimum absolute atomic E-state index is 0.806. The summed E-state index contributed by atoms with van der Waals surface area (Å²) >= 11 is 0. The van der Waals surface area contributed by atoms with E-state index in [9.17, 15) is 4.89 Å². The van der Waals surface area contributed by atoms with Crippen molar-refractivity contribution >= 4 is 18.4 Å². The van der Waals surface area contributed by atoms with Crippen LogP contribution in [0.1, 0.15) is 6.42 Å². The van der Waals surface area contributed by atoms with Gasteiger partial charge in [0.15, 0.2) is 0 Å². The molecule has 1 unspecified atom stereocenters. The van der Waals surface area contributed by atoms with Gasteiger partial charge in [-0.05, 0) is 18.2 Å². The highest BCUT2D eigenvalue weighted by Gasteiger charge is 2.09. The van der Waals surface area contributed by atoms with Crippen LogP contribution in [0.25, 0.3) is 0 Å². The fourth-order valence-corrected chi connectivity index (χ4v) is 2.65. The van der Waals surface area contributed by atoms with Crippen molar-refractivity contribution in [1.29, 1.82) is 0 Å². The van der Waals surface area contributed by atoms with Crippen molar-refractivity contribution < 1.29 is 4.89 Å². The Labute approximate surface area is 84.9 Å². The molecule has 0 bridgehead atoms. The largest absolute Gasteiger partial charge is 0.626 e. The average Bonchev–Trinajstić information content (AvgIpc) is 2.30. The first-order valence-electron chi connectivity index (χ1n) is 4.59. The molecule has 0 N–H and O–H groups in total. The summed E-state index contributed by atoms with van der Waals surface area (Å²) in [5, 5.41) is 1.92. The Kier molecular flexibility index (Phi) is 2.93. The van der Waals surface area contributed by atoms with Gasteiger partial charge in [0.2, 0.25) is 0 Å². The minimum atomic E-state index is -1.37. The third kappa shape index (κ3) is 2.01. The molecule has 0 amide bonds. The first kappa shape index (κ1) is 9.39. The predicted octanol–water partition coefficient (Wildman–Crippen LogP) is 1.76. The molecule has 1 nitrogen and oxygen atoms in total. The molecule has 1 aromatic rings. The van der Waals surface area contributed by atoms with E-state index >= 15 is 0 Å². The van der Waals surface area contributed by atoms with Gasteiger partial charge in [0.05, 0.1) is 7.77 Å². The minimum Gasteiger partial charge on any atom is -0.626 e. The Balaban J connectivity index is 2.36. The number of hydrogen-bond donors (Lipinski definition) is 0. The quantitative estimate of drug-likeness (QED) is 0.636. The summed E-state index contributed by atoms with van der Waals surface area (Å²) in [4.78, 5) is 12.0. The third-order valence-electron chi connectivity index (χ3n) is 2.11. The molecule has 0 heterocycles. The topological polar surface area (TPSA) is 23.1 Å². The highest BCUT2D eigenvalue weighted by Crippen LogP contribution is 2.18. The summed E-state index contributed by atoms with van der Waals surface area (Å²) in [5.41, 5.74) is 0. The van der Waals surface area contributed by atoms with E-state index in [1.165, 1.54) is 0 Å². The second kappa shape index (κ2) is 4.36. The van der Waals surface area contributed by atoms with Crippen molar-refractivity contribution in [3.8, 4) is 0 Å². The molecule has 0 saturated carbocycles. The number of hydrogen-bond acceptors (Lipinski definition) is 1. The third-order valence-corrected chi connectivity index (χ3v) is 3.73. The molecule has 1 aliphatic rings. The van der Waals surface area contributed by atoms with E-state index in [-0.39, 0.29) is 0 Å². The first-order chi connectivity index (χ1) is 6.88. The van der Waals surface area contributed by atoms with E-state index in [0.29, 0.717) is 0 Å². The molecule has 0 aromatic heterocycles. The van der Waals surface area contributed by atoms with E-state index in [0.717, 1.165) is 17.0 Å². The maximum absolute atomic E-state index is 12.0. The fourth-order valence-electron chi connectivity index (χ4n) is 1.38. The lowest BCUT2D eigenvalue weighted by atomic mass is 10.2. The molecular weight excluding hydrogens is 191 g/mol. The number of rotatable bonds is 1. The van der Waals surface area contributed by atoms with Crippen LogP contribution in [-0.2, 0) is 0 Å². The van der Waals surface area contributed by atoms with Gasteiger partial charge in [0, 0.05) is 6.42 Å². The van der Waals surface area contributed by atoms with Gasteiger partial charge in [0.1, 0.15) is 10.6 Å². The summed E-state index contributed by atoms with van der Waals surface area (Å²) in [5.74, 6) is 0. The van der Waals surface area contributed by atoms with Gasteiger partial charge >= 0.3 is 0 Å². The van der Waals surface area contributed by atoms with E-state index in [1.54, 1.807) is 0 Å². The summed E-state index contributed by atoms with van der Waals surface area (Å²) in [6, 6.07) is 9.61. The highest BCUT2D eigenvalue weighted by molar-refractivity contribution is 7.60. The summed E-state index contributed by atoms with van der Waals surface area (Å²) in [6.07, 6.45) is 8.71. The smallest absolute Gasteiger partial charge is 0.145 e. The Morgan fingerprint density at radius 3 is 2.50 bits per heavy atom. The highest BCUT2D eigenvalue weighted by atomic mass is 31.1. The van der Waals surface area contributed by atoms with Crippen LogP contribution in [0, 0.1) is 0 Å². The molecule has 2 heteroatoms. The van der Waals surface area contributed by atoms with Crippen molar-refractivity contribution in [3.63, 3.8) is 0 Å². The fraction of sp³-hybridized carbons (Fsp3) is 0.0833. The molecular formula is C12H11OP. The Morgan fingerprint density at radius 2 is 1.86 bits per heavy atom. The maximum Gasteiger partial charge on any atom is 0.145 e. The zero-order valence-electron chi connectivity index (χ0n) is 7.76. The first-order valence-corrected chi connectivity index (χ1v) is 5.85. The number of allylic oxidation sites excluding steroid dienone is 4. The Morgan fingerprint density at radius 1 is 1.07 bits per heavy atom.